The van der Waals surface area contributed by atoms with E-state index in [0.717, 1.165) is 102 Å². The fraction of sp³-hybridized carbons (Fsp3) is 0.951. The maximum atomic E-state index is 13.1. The standard InChI is InChI=1S/C81H158O17P2/c1-7-9-11-13-15-17-19-21-23-24-27-31-34-38-45-51-57-63-78(83)91-69-76(97-81(86)66-60-54-48-40-36-32-28-25-26-29-33-37-43-49-55-61-73(3)4)71-95-99(87,88)93-67-75(82)68-94-100(89,90)96-72-77(70-92-79(84)64-58-52-46-42-41-44-50-56-62-74(5)6)98-80(85)65-59-53-47-39-35-30-22-20-18-16-14-12-10-8-2/h73-77,82H,7-72H2,1-6H3,(H,87,88)(H,89,90)/t75-,76-,77-/m1/s1. The maximum Gasteiger partial charge on any atom is 0.472 e. The second kappa shape index (κ2) is 72.6. The summed E-state index contributed by atoms with van der Waals surface area (Å²) in [5, 5.41) is 10.6. The van der Waals surface area contributed by atoms with E-state index in [4.69, 9.17) is 37.0 Å². The summed E-state index contributed by atoms with van der Waals surface area (Å²) in [4.78, 5) is 73.0. The Morgan fingerprint density at radius 2 is 0.460 bits per heavy atom. The van der Waals surface area contributed by atoms with Crippen molar-refractivity contribution in [2.24, 2.45) is 11.8 Å². The first-order valence-electron chi connectivity index (χ1n) is 42.0. The van der Waals surface area contributed by atoms with E-state index in [-0.39, 0.29) is 25.7 Å². The minimum atomic E-state index is -4.96. The molecule has 0 heterocycles. The molecule has 0 aliphatic heterocycles. The molecule has 3 N–H and O–H groups in total. The molecule has 19 heteroatoms. The highest BCUT2D eigenvalue weighted by atomic mass is 31.2. The van der Waals surface area contributed by atoms with Gasteiger partial charge in [0.2, 0.25) is 0 Å². The molecule has 594 valence electrons. The van der Waals surface area contributed by atoms with Crippen LogP contribution in [0, 0.1) is 11.8 Å². The molecule has 0 saturated heterocycles. The third-order valence-corrected chi connectivity index (χ3v) is 20.9. The normalized spacial score (nSPS) is 13.9. The van der Waals surface area contributed by atoms with Crippen LogP contribution in [0.15, 0.2) is 0 Å². The van der Waals surface area contributed by atoms with Gasteiger partial charge in [0, 0.05) is 25.7 Å². The van der Waals surface area contributed by atoms with Gasteiger partial charge in [-0.3, -0.25) is 37.3 Å². The monoisotopic (exact) mass is 1470 g/mol. The highest BCUT2D eigenvalue weighted by molar-refractivity contribution is 7.47. The second-order valence-corrected chi connectivity index (χ2v) is 33.0. The van der Waals surface area contributed by atoms with Crippen LogP contribution < -0.4 is 0 Å². The summed E-state index contributed by atoms with van der Waals surface area (Å²) in [6.45, 7) is 9.63. The highest BCUT2D eigenvalue weighted by Gasteiger charge is 2.30. The van der Waals surface area contributed by atoms with Gasteiger partial charge in [-0.15, -0.1) is 0 Å². The van der Waals surface area contributed by atoms with Crippen molar-refractivity contribution < 1.29 is 80.2 Å². The number of phosphoric ester groups is 2. The van der Waals surface area contributed by atoms with Crippen LogP contribution in [0.1, 0.15) is 427 Å². The van der Waals surface area contributed by atoms with E-state index in [0.29, 0.717) is 25.7 Å². The van der Waals surface area contributed by atoms with Crippen LogP contribution in [-0.2, 0) is 65.4 Å². The van der Waals surface area contributed by atoms with E-state index in [1.165, 1.54) is 244 Å². The van der Waals surface area contributed by atoms with Gasteiger partial charge < -0.3 is 33.8 Å². The third-order valence-electron chi connectivity index (χ3n) is 19.0. The Kier molecular flexibility index (Phi) is 71.2. The molecule has 0 fully saturated rings. The van der Waals surface area contributed by atoms with Gasteiger partial charge in [-0.25, -0.2) is 9.13 Å². The lowest BCUT2D eigenvalue weighted by Crippen LogP contribution is -2.30. The molecule has 0 aromatic carbocycles. The van der Waals surface area contributed by atoms with E-state index < -0.39 is 97.5 Å². The first-order valence-corrected chi connectivity index (χ1v) is 45.0. The molecule has 0 aromatic rings. The van der Waals surface area contributed by atoms with Crippen molar-refractivity contribution in [2.45, 2.75) is 445 Å². The molecule has 0 bridgehead atoms. The van der Waals surface area contributed by atoms with Gasteiger partial charge in [-0.2, -0.15) is 0 Å². The molecule has 100 heavy (non-hydrogen) atoms. The van der Waals surface area contributed by atoms with Gasteiger partial charge in [0.1, 0.15) is 19.3 Å². The first-order chi connectivity index (χ1) is 48.4. The number of aliphatic hydroxyl groups is 1. The quantitative estimate of drug-likeness (QED) is 0.0222. The smallest absolute Gasteiger partial charge is 0.462 e. The fourth-order valence-electron chi connectivity index (χ4n) is 12.5. The molecule has 2 unspecified atom stereocenters. The van der Waals surface area contributed by atoms with Crippen LogP contribution in [0.2, 0.25) is 0 Å². The number of unbranched alkanes of at least 4 members (excludes halogenated alkanes) is 50. The Labute approximate surface area is 613 Å². The van der Waals surface area contributed by atoms with E-state index in [1.54, 1.807) is 0 Å². The van der Waals surface area contributed by atoms with Crippen molar-refractivity contribution >= 4 is 39.5 Å². The molecule has 17 nitrogen and oxygen atoms in total. The molecule has 0 saturated carbocycles. The lowest BCUT2D eigenvalue weighted by molar-refractivity contribution is -0.161. The van der Waals surface area contributed by atoms with Crippen molar-refractivity contribution in [3.05, 3.63) is 0 Å². The number of rotatable bonds is 80. The third kappa shape index (κ3) is 74.3. The molecule has 0 aliphatic rings. The van der Waals surface area contributed by atoms with Gasteiger partial charge in [0.25, 0.3) is 0 Å². The van der Waals surface area contributed by atoms with E-state index in [2.05, 4.69) is 41.5 Å². The van der Waals surface area contributed by atoms with Gasteiger partial charge in [0.05, 0.1) is 26.4 Å². The summed E-state index contributed by atoms with van der Waals surface area (Å²) in [6, 6.07) is 0. The molecular formula is C81H158O17P2. The maximum absolute atomic E-state index is 13.1. The Bertz CT molecular complexity index is 1920. The van der Waals surface area contributed by atoms with Crippen molar-refractivity contribution in [3.63, 3.8) is 0 Å². The number of carbonyl (C=O) groups is 4. The zero-order valence-corrected chi connectivity index (χ0v) is 67.3. The van der Waals surface area contributed by atoms with Gasteiger partial charge in [0.15, 0.2) is 12.2 Å². The zero-order chi connectivity index (χ0) is 73.5. The van der Waals surface area contributed by atoms with Gasteiger partial charge in [-0.1, -0.05) is 375 Å². The van der Waals surface area contributed by atoms with Crippen LogP contribution in [0.25, 0.3) is 0 Å². The summed E-state index contributed by atoms with van der Waals surface area (Å²) in [5.74, 6) is -0.578. The molecule has 0 spiro atoms. The summed E-state index contributed by atoms with van der Waals surface area (Å²) < 4.78 is 68.7. The summed E-state index contributed by atoms with van der Waals surface area (Å²) in [6.07, 6.45) is 62.4. The van der Waals surface area contributed by atoms with E-state index >= 15 is 0 Å². The minimum Gasteiger partial charge on any atom is -0.462 e. The average Bonchev–Trinajstić information content (AvgIpc) is 0.921. The first kappa shape index (κ1) is 98.1. The van der Waals surface area contributed by atoms with Crippen LogP contribution >= 0.6 is 15.6 Å². The fourth-order valence-corrected chi connectivity index (χ4v) is 14.1. The lowest BCUT2D eigenvalue weighted by Gasteiger charge is -2.21. The van der Waals surface area contributed by atoms with Crippen LogP contribution in [0.3, 0.4) is 0 Å². The summed E-state index contributed by atoms with van der Waals surface area (Å²) >= 11 is 0. The molecule has 5 atom stereocenters. The second-order valence-electron chi connectivity index (χ2n) is 30.1. The topological polar surface area (TPSA) is 237 Å². The zero-order valence-electron chi connectivity index (χ0n) is 65.5. The number of esters is 4. The van der Waals surface area contributed by atoms with Gasteiger partial charge >= 0.3 is 39.5 Å². The molecule has 0 rings (SSSR count). The number of hydrogen-bond donors (Lipinski definition) is 3. The van der Waals surface area contributed by atoms with Crippen molar-refractivity contribution in [1.29, 1.82) is 0 Å². The van der Waals surface area contributed by atoms with E-state index in [1.807, 2.05) is 0 Å². The summed E-state index contributed by atoms with van der Waals surface area (Å²) in [5.41, 5.74) is 0. The molecular weight excluding hydrogens is 1310 g/mol. The predicted octanol–water partition coefficient (Wildman–Crippen LogP) is 24.3. The van der Waals surface area contributed by atoms with Crippen LogP contribution in [-0.4, -0.2) is 96.7 Å². The number of ether oxygens (including phenoxy) is 4. The molecule has 0 amide bonds. The Hall–Kier alpha value is -1.94. The van der Waals surface area contributed by atoms with Crippen molar-refractivity contribution in [3.8, 4) is 0 Å². The predicted molar refractivity (Wildman–Crippen MR) is 409 cm³/mol. The number of aliphatic hydroxyl groups excluding tert-OH is 1. The lowest BCUT2D eigenvalue weighted by atomic mass is 10.0. The number of carbonyl (C=O) groups excluding carboxylic acids is 4. The Balaban J connectivity index is 5.25. The molecule has 0 aromatic heterocycles. The molecule has 0 radical (unpaired) electrons. The average molecular weight is 1470 g/mol. The van der Waals surface area contributed by atoms with Crippen molar-refractivity contribution in [2.75, 3.05) is 39.6 Å². The van der Waals surface area contributed by atoms with Crippen molar-refractivity contribution in [1.82, 2.24) is 0 Å². The van der Waals surface area contributed by atoms with Crippen LogP contribution in [0.5, 0.6) is 0 Å². The summed E-state index contributed by atoms with van der Waals surface area (Å²) in [7, 11) is -9.92. The largest absolute Gasteiger partial charge is 0.472 e. The number of hydrogen-bond acceptors (Lipinski definition) is 15. The Morgan fingerprint density at radius 3 is 0.680 bits per heavy atom. The highest BCUT2D eigenvalue weighted by Crippen LogP contribution is 2.45. The minimum absolute atomic E-state index is 0.108. The van der Waals surface area contributed by atoms with E-state index in [9.17, 15) is 43.2 Å². The van der Waals surface area contributed by atoms with Crippen LogP contribution in [0.4, 0.5) is 0 Å². The number of phosphoric acid groups is 2. The SMILES string of the molecule is CCCCCCCCCCCCCCCCCCCC(=O)OC[C@H](COP(=O)(O)OC[C@@H](O)COP(=O)(O)OC[C@@H](COC(=O)CCCCCCCCCCC(C)C)OC(=O)CCCCCCCCCCCCCCCC)OC(=O)CCCCCCCCCCCCCCCCCC(C)C. The molecule has 0 aliphatic carbocycles. The van der Waals surface area contributed by atoms with Gasteiger partial charge in [-0.05, 0) is 37.5 Å². The Morgan fingerprint density at radius 1 is 0.270 bits per heavy atom.